The summed E-state index contributed by atoms with van der Waals surface area (Å²) >= 11 is 6.14. The van der Waals surface area contributed by atoms with Gasteiger partial charge in [0, 0.05) is 23.5 Å². The van der Waals surface area contributed by atoms with Gasteiger partial charge < -0.3 is 4.74 Å². The number of halogens is 1. The largest absolute Gasteiger partial charge is 0.373 e. The van der Waals surface area contributed by atoms with Crippen LogP contribution in [0, 0.1) is 11.8 Å². The highest BCUT2D eigenvalue weighted by Gasteiger charge is 2.44. The lowest BCUT2D eigenvalue weighted by Gasteiger charge is -2.47. The molecule has 27 heavy (non-hydrogen) atoms. The van der Waals surface area contributed by atoms with Crippen LogP contribution >= 0.6 is 11.6 Å². The molecule has 1 heterocycles. The van der Waals surface area contributed by atoms with Gasteiger partial charge in [-0.2, -0.15) is 0 Å². The standard InChI is InChI=1S/C25H23ClO/c26-21-12-10-18(11-13-21)25-24-20(14-15-27-25)16-19-8-4-5-9-22(19)23(24)17-6-2-1-3-7-17/h1-13,20,23-25H,14-16H2/t20-,23+,24+,25+/m0/s1. The van der Waals surface area contributed by atoms with E-state index in [0.717, 1.165) is 24.5 Å². The Morgan fingerprint density at radius 3 is 2.33 bits per heavy atom. The van der Waals surface area contributed by atoms with Gasteiger partial charge in [-0.15, -0.1) is 0 Å². The van der Waals surface area contributed by atoms with E-state index < -0.39 is 0 Å². The smallest absolute Gasteiger partial charge is 0.0864 e. The van der Waals surface area contributed by atoms with Crippen LogP contribution in [0.4, 0.5) is 0 Å². The first kappa shape index (κ1) is 17.0. The average molecular weight is 375 g/mol. The molecule has 0 bridgehead atoms. The summed E-state index contributed by atoms with van der Waals surface area (Å²) < 4.78 is 6.40. The fourth-order valence-electron chi connectivity index (χ4n) is 5.13. The molecule has 1 fully saturated rings. The first-order valence-corrected chi connectivity index (χ1v) is 10.2. The molecule has 3 aromatic carbocycles. The molecule has 0 spiro atoms. The van der Waals surface area contributed by atoms with Gasteiger partial charge in [-0.1, -0.05) is 78.3 Å². The maximum Gasteiger partial charge on any atom is 0.0864 e. The third-order valence-corrected chi connectivity index (χ3v) is 6.55. The molecule has 0 unspecified atom stereocenters. The van der Waals surface area contributed by atoms with Crippen molar-refractivity contribution in [2.75, 3.05) is 6.61 Å². The maximum absolute atomic E-state index is 6.40. The summed E-state index contributed by atoms with van der Waals surface area (Å²) in [6, 6.07) is 28.2. The molecule has 4 atom stereocenters. The minimum atomic E-state index is 0.111. The molecule has 0 radical (unpaired) electrons. The number of ether oxygens (including phenoxy) is 1. The van der Waals surface area contributed by atoms with Crippen LogP contribution in [0.2, 0.25) is 5.02 Å². The lowest BCUT2D eigenvalue weighted by molar-refractivity contribution is -0.0685. The van der Waals surface area contributed by atoms with Crippen molar-refractivity contribution in [1.82, 2.24) is 0 Å². The second kappa shape index (κ2) is 7.14. The molecule has 0 N–H and O–H groups in total. The summed E-state index contributed by atoms with van der Waals surface area (Å²) in [7, 11) is 0. The van der Waals surface area contributed by atoms with Gasteiger partial charge in [0.05, 0.1) is 6.10 Å². The van der Waals surface area contributed by atoms with Crippen LogP contribution in [0.1, 0.15) is 40.7 Å². The molecule has 2 heteroatoms. The Kier molecular flexibility index (Phi) is 4.51. The van der Waals surface area contributed by atoms with Gasteiger partial charge in [-0.05, 0) is 53.1 Å². The number of fused-ring (bicyclic) bond motifs is 2. The van der Waals surface area contributed by atoms with E-state index in [1.165, 1.54) is 22.3 Å². The van der Waals surface area contributed by atoms with Crippen molar-refractivity contribution in [3.05, 3.63) is 106 Å². The van der Waals surface area contributed by atoms with Crippen LogP contribution in [-0.4, -0.2) is 6.61 Å². The van der Waals surface area contributed by atoms with Gasteiger partial charge in [0.15, 0.2) is 0 Å². The Bertz CT molecular complexity index is 919. The summed E-state index contributed by atoms with van der Waals surface area (Å²) in [5.41, 5.74) is 5.61. The lowest BCUT2D eigenvalue weighted by atomic mass is 9.62. The van der Waals surface area contributed by atoms with Crippen LogP contribution in [0.15, 0.2) is 78.9 Å². The summed E-state index contributed by atoms with van der Waals surface area (Å²) in [6.45, 7) is 0.831. The van der Waals surface area contributed by atoms with E-state index in [1.807, 2.05) is 12.1 Å². The molecule has 3 aromatic rings. The Morgan fingerprint density at radius 1 is 0.778 bits per heavy atom. The number of hydrogen-bond acceptors (Lipinski definition) is 1. The van der Waals surface area contributed by atoms with E-state index >= 15 is 0 Å². The molecule has 0 saturated carbocycles. The van der Waals surface area contributed by atoms with Crippen molar-refractivity contribution in [1.29, 1.82) is 0 Å². The van der Waals surface area contributed by atoms with Gasteiger partial charge in [-0.3, -0.25) is 0 Å². The van der Waals surface area contributed by atoms with Crippen molar-refractivity contribution < 1.29 is 4.74 Å². The van der Waals surface area contributed by atoms with E-state index in [1.54, 1.807) is 0 Å². The second-order valence-corrected chi connectivity index (χ2v) is 8.20. The minimum absolute atomic E-state index is 0.111. The molecule has 1 aliphatic carbocycles. The molecule has 1 nitrogen and oxygen atoms in total. The predicted molar refractivity (Wildman–Crippen MR) is 110 cm³/mol. The van der Waals surface area contributed by atoms with Gasteiger partial charge in [0.2, 0.25) is 0 Å². The van der Waals surface area contributed by atoms with Crippen LogP contribution in [0.25, 0.3) is 0 Å². The summed E-state index contributed by atoms with van der Waals surface area (Å²) in [4.78, 5) is 0. The van der Waals surface area contributed by atoms with Crippen molar-refractivity contribution >= 4 is 11.6 Å². The predicted octanol–water partition coefficient (Wildman–Crippen LogP) is 6.42. The molecule has 136 valence electrons. The Hall–Kier alpha value is -2.09. The first-order chi connectivity index (χ1) is 13.3. The normalized spacial score (nSPS) is 26.9. The van der Waals surface area contributed by atoms with Crippen molar-refractivity contribution in [2.24, 2.45) is 11.8 Å². The van der Waals surface area contributed by atoms with E-state index in [4.69, 9.17) is 16.3 Å². The molecule has 1 aliphatic heterocycles. The van der Waals surface area contributed by atoms with Gasteiger partial charge in [0.25, 0.3) is 0 Å². The highest BCUT2D eigenvalue weighted by atomic mass is 35.5. The van der Waals surface area contributed by atoms with Gasteiger partial charge >= 0.3 is 0 Å². The van der Waals surface area contributed by atoms with E-state index in [0.29, 0.717) is 17.8 Å². The average Bonchev–Trinajstić information content (AvgIpc) is 2.73. The Labute approximate surface area is 166 Å². The minimum Gasteiger partial charge on any atom is -0.373 e. The lowest BCUT2D eigenvalue weighted by Crippen LogP contribution is -2.39. The SMILES string of the molecule is Clc1ccc([C@H]2OCC[C@H]3Cc4ccccc4[C@@H](c4ccccc4)[C@@H]32)cc1. The maximum atomic E-state index is 6.40. The molecule has 0 amide bonds. The monoisotopic (exact) mass is 374 g/mol. The molecule has 1 saturated heterocycles. The molecular weight excluding hydrogens is 352 g/mol. The third-order valence-electron chi connectivity index (χ3n) is 6.29. The van der Waals surface area contributed by atoms with Crippen LogP contribution in [-0.2, 0) is 11.2 Å². The Balaban J connectivity index is 1.65. The third kappa shape index (κ3) is 3.09. The highest BCUT2D eigenvalue weighted by Crippen LogP contribution is 2.53. The van der Waals surface area contributed by atoms with Crippen LogP contribution in [0.5, 0.6) is 0 Å². The van der Waals surface area contributed by atoms with Crippen LogP contribution in [0.3, 0.4) is 0 Å². The van der Waals surface area contributed by atoms with Gasteiger partial charge in [0.1, 0.15) is 0 Å². The number of hydrogen-bond donors (Lipinski definition) is 0. The Morgan fingerprint density at radius 2 is 1.52 bits per heavy atom. The van der Waals surface area contributed by atoms with Crippen molar-refractivity contribution in [3.63, 3.8) is 0 Å². The van der Waals surface area contributed by atoms with Crippen LogP contribution < -0.4 is 0 Å². The van der Waals surface area contributed by atoms with Gasteiger partial charge in [-0.25, -0.2) is 0 Å². The van der Waals surface area contributed by atoms with E-state index in [9.17, 15) is 0 Å². The molecular formula is C25H23ClO. The summed E-state index contributed by atoms with van der Waals surface area (Å²) in [6.07, 6.45) is 2.39. The highest BCUT2D eigenvalue weighted by molar-refractivity contribution is 6.30. The zero-order valence-corrected chi connectivity index (χ0v) is 16.0. The summed E-state index contributed by atoms with van der Waals surface area (Å²) in [5.74, 6) is 1.44. The van der Waals surface area contributed by atoms with E-state index in [-0.39, 0.29) is 6.10 Å². The number of benzene rings is 3. The fourth-order valence-corrected chi connectivity index (χ4v) is 5.25. The molecule has 5 rings (SSSR count). The molecule has 0 aromatic heterocycles. The van der Waals surface area contributed by atoms with E-state index in [2.05, 4.69) is 66.7 Å². The van der Waals surface area contributed by atoms with Crippen molar-refractivity contribution in [2.45, 2.75) is 24.9 Å². The fraction of sp³-hybridized carbons (Fsp3) is 0.280. The quantitative estimate of drug-likeness (QED) is 0.502. The summed E-state index contributed by atoms with van der Waals surface area (Å²) in [5, 5.41) is 0.778. The molecule has 2 aliphatic rings. The second-order valence-electron chi connectivity index (χ2n) is 7.76. The van der Waals surface area contributed by atoms with Crippen molar-refractivity contribution in [3.8, 4) is 0 Å². The zero-order chi connectivity index (χ0) is 18.2. The first-order valence-electron chi connectivity index (χ1n) is 9.81. The zero-order valence-electron chi connectivity index (χ0n) is 15.2. The number of rotatable bonds is 2. The topological polar surface area (TPSA) is 9.23 Å².